The summed E-state index contributed by atoms with van der Waals surface area (Å²) in [5.41, 5.74) is 4.98. The molecule has 2 aromatic carbocycles. The molecule has 0 radical (unpaired) electrons. The number of hydrogen-bond acceptors (Lipinski definition) is 6. The average Bonchev–Trinajstić information content (AvgIpc) is 2.78. The van der Waals surface area contributed by atoms with Crippen LogP contribution >= 0.6 is 0 Å². The van der Waals surface area contributed by atoms with Crippen molar-refractivity contribution in [1.29, 1.82) is 0 Å². The van der Waals surface area contributed by atoms with Crippen molar-refractivity contribution in [3.05, 3.63) is 70.7 Å². The summed E-state index contributed by atoms with van der Waals surface area (Å²) in [6.45, 7) is 10.6. The lowest BCUT2D eigenvalue weighted by Gasteiger charge is -2.37. The van der Waals surface area contributed by atoms with Crippen molar-refractivity contribution in [3.8, 4) is 5.75 Å². The minimum absolute atomic E-state index is 0.0399. The van der Waals surface area contributed by atoms with Crippen LogP contribution in [-0.2, 0) is 11.2 Å². The lowest BCUT2D eigenvalue weighted by Crippen LogP contribution is -2.35. The van der Waals surface area contributed by atoms with Crippen LogP contribution in [0.3, 0.4) is 0 Å². The molecule has 0 saturated heterocycles. The number of esters is 1. The fraction of sp³-hybridized carbons (Fsp3) is 0.346. The fourth-order valence-electron chi connectivity index (χ4n) is 3.99. The highest BCUT2D eigenvalue weighted by Gasteiger charge is 2.28. The molecule has 2 heterocycles. The van der Waals surface area contributed by atoms with E-state index in [-0.39, 0.29) is 23.7 Å². The van der Waals surface area contributed by atoms with Crippen molar-refractivity contribution in [2.75, 3.05) is 16.8 Å². The Bertz CT molecular complexity index is 1180. The van der Waals surface area contributed by atoms with Crippen LogP contribution in [0.4, 0.5) is 21.8 Å². The number of rotatable bonds is 5. The van der Waals surface area contributed by atoms with Gasteiger partial charge in [-0.15, -0.1) is 0 Å². The number of carbonyl (C=O) groups is 1. The Morgan fingerprint density at radius 3 is 2.58 bits per heavy atom. The molecule has 4 rings (SSSR count). The van der Waals surface area contributed by atoms with Gasteiger partial charge in [-0.25, -0.2) is 9.37 Å². The summed E-state index contributed by atoms with van der Waals surface area (Å²) >= 11 is 0. The van der Waals surface area contributed by atoms with Crippen molar-refractivity contribution >= 4 is 23.4 Å². The highest BCUT2D eigenvalue weighted by atomic mass is 19.1. The number of nitrogens with zero attached hydrogens (tertiary/aromatic N) is 3. The van der Waals surface area contributed by atoms with Gasteiger partial charge in [0.15, 0.2) is 0 Å². The van der Waals surface area contributed by atoms with E-state index < -0.39 is 0 Å². The van der Waals surface area contributed by atoms with Gasteiger partial charge in [0.25, 0.3) is 0 Å². The van der Waals surface area contributed by atoms with E-state index in [1.807, 2.05) is 45.9 Å². The number of hydrogen-bond donors (Lipinski definition) is 1. The van der Waals surface area contributed by atoms with Crippen LogP contribution in [-0.4, -0.2) is 22.5 Å². The SMILES string of the molecule is Cc1nc(Nc2ccc(F)cc2)nc(N2CCc3ccc(OC(=O)C(C)C)cc3C2C)c1C. The van der Waals surface area contributed by atoms with Gasteiger partial charge < -0.3 is 15.0 Å². The summed E-state index contributed by atoms with van der Waals surface area (Å²) in [5, 5.41) is 3.18. The smallest absolute Gasteiger partial charge is 0.313 e. The van der Waals surface area contributed by atoms with Gasteiger partial charge in [-0.05, 0) is 74.7 Å². The predicted molar refractivity (Wildman–Crippen MR) is 128 cm³/mol. The molecule has 1 atom stereocenters. The molecule has 1 aliphatic heterocycles. The summed E-state index contributed by atoms with van der Waals surface area (Å²) in [6.07, 6.45) is 0.862. The number of aryl methyl sites for hydroxylation is 1. The Hall–Kier alpha value is -3.48. The number of nitrogens with one attached hydrogen (secondary N) is 1. The Labute approximate surface area is 193 Å². The molecule has 0 fully saturated rings. The molecule has 1 aliphatic rings. The number of ether oxygens (including phenoxy) is 1. The third-order valence-corrected chi connectivity index (χ3v) is 6.08. The quantitative estimate of drug-likeness (QED) is 0.401. The first-order valence-electron chi connectivity index (χ1n) is 11.2. The van der Waals surface area contributed by atoms with E-state index in [2.05, 4.69) is 22.1 Å². The minimum atomic E-state index is -0.290. The second-order valence-corrected chi connectivity index (χ2v) is 8.77. The van der Waals surface area contributed by atoms with Crippen LogP contribution in [0.15, 0.2) is 42.5 Å². The normalized spacial score (nSPS) is 15.4. The van der Waals surface area contributed by atoms with Crippen molar-refractivity contribution in [2.24, 2.45) is 5.92 Å². The molecule has 33 heavy (non-hydrogen) atoms. The first-order chi connectivity index (χ1) is 15.7. The highest BCUT2D eigenvalue weighted by Crippen LogP contribution is 2.37. The summed E-state index contributed by atoms with van der Waals surface area (Å²) in [6, 6.07) is 12.0. The summed E-state index contributed by atoms with van der Waals surface area (Å²) in [4.78, 5) is 23.7. The van der Waals surface area contributed by atoms with E-state index in [0.717, 1.165) is 41.3 Å². The first kappa shape index (κ1) is 22.7. The third-order valence-electron chi connectivity index (χ3n) is 6.08. The zero-order chi connectivity index (χ0) is 23.7. The molecule has 1 N–H and O–H groups in total. The molecule has 172 valence electrons. The van der Waals surface area contributed by atoms with Crippen LogP contribution < -0.4 is 15.0 Å². The van der Waals surface area contributed by atoms with Crippen molar-refractivity contribution < 1.29 is 13.9 Å². The van der Waals surface area contributed by atoms with E-state index in [1.54, 1.807) is 12.1 Å². The number of halogens is 1. The van der Waals surface area contributed by atoms with E-state index in [4.69, 9.17) is 9.72 Å². The summed E-state index contributed by atoms with van der Waals surface area (Å²) < 4.78 is 18.8. The van der Waals surface area contributed by atoms with Crippen LogP contribution in [0, 0.1) is 25.6 Å². The number of benzene rings is 2. The molecule has 0 spiro atoms. The number of carbonyl (C=O) groups excluding carboxylic acids is 1. The van der Waals surface area contributed by atoms with Gasteiger partial charge in [-0.2, -0.15) is 4.98 Å². The molecule has 0 saturated carbocycles. The molecule has 1 unspecified atom stereocenters. The molecular formula is C26H29FN4O2. The van der Waals surface area contributed by atoms with E-state index in [0.29, 0.717) is 11.7 Å². The van der Waals surface area contributed by atoms with Crippen molar-refractivity contribution in [1.82, 2.24) is 9.97 Å². The van der Waals surface area contributed by atoms with Crippen molar-refractivity contribution in [3.63, 3.8) is 0 Å². The molecule has 1 aromatic heterocycles. The molecule has 6 nitrogen and oxygen atoms in total. The van der Waals surface area contributed by atoms with E-state index >= 15 is 0 Å². The summed E-state index contributed by atoms with van der Waals surface area (Å²) in [5.74, 6) is 1.17. The third kappa shape index (κ3) is 4.82. The highest BCUT2D eigenvalue weighted by molar-refractivity contribution is 5.74. The number of aromatic nitrogens is 2. The Morgan fingerprint density at radius 1 is 1.15 bits per heavy atom. The van der Waals surface area contributed by atoms with Crippen LogP contribution in [0.1, 0.15) is 49.2 Å². The van der Waals surface area contributed by atoms with Gasteiger partial charge in [0.05, 0.1) is 12.0 Å². The van der Waals surface area contributed by atoms with E-state index in [9.17, 15) is 9.18 Å². The number of fused-ring (bicyclic) bond motifs is 1. The Kier molecular flexibility index (Phi) is 6.31. The largest absolute Gasteiger partial charge is 0.426 e. The predicted octanol–water partition coefficient (Wildman–Crippen LogP) is 5.66. The lowest BCUT2D eigenvalue weighted by atomic mass is 9.93. The zero-order valence-electron chi connectivity index (χ0n) is 19.6. The molecule has 0 aliphatic carbocycles. The maximum Gasteiger partial charge on any atom is 0.313 e. The zero-order valence-corrected chi connectivity index (χ0v) is 19.6. The average molecular weight is 449 g/mol. The Balaban J connectivity index is 1.64. The minimum Gasteiger partial charge on any atom is -0.426 e. The van der Waals surface area contributed by atoms with Crippen LogP contribution in [0.25, 0.3) is 0 Å². The standard InChI is InChI=1S/C26H29FN4O2/c1-15(2)25(32)33-22-11-6-19-12-13-31(18(5)23(19)14-22)24-16(3)17(4)28-26(30-24)29-21-9-7-20(27)8-10-21/h6-11,14-15,18H,12-13H2,1-5H3,(H,28,29,30). The topological polar surface area (TPSA) is 67.3 Å². The second kappa shape index (κ2) is 9.17. The van der Waals surface area contributed by atoms with Gasteiger partial charge in [-0.1, -0.05) is 19.9 Å². The second-order valence-electron chi connectivity index (χ2n) is 8.77. The van der Waals surface area contributed by atoms with Crippen LogP contribution in [0.5, 0.6) is 5.75 Å². The Morgan fingerprint density at radius 2 is 1.88 bits per heavy atom. The number of anilines is 3. The van der Waals surface area contributed by atoms with Gasteiger partial charge in [0, 0.05) is 23.5 Å². The fourth-order valence-corrected chi connectivity index (χ4v) is 3.99. The first-order valence-corrected chi connectivity index (χ1v) is 11.2. The van der Waals surface area contributed by atoms with Crippen molar-refractivity contribution in [2.45, 2.75) is 47.1 Å². The monoisotopic (exact) mass is 448 g/mol. The van der Waals surface area contributed by atoms with Gasteiger partial charge in [-0.3, -0.25) is 4.79 Å². The molecule has 3 aromatic rings. The maximum absolute atomic E-state index is 13.3. The molecule has 7 heteroatoms. The van der Waals surface area contributed by atoms with Crippen LogP contribution in [0.2, 0.25) is 0 Å². The van der Waals surface area contributed by atoms with Gasteiger partial charge in [0.2, 0.25) is 5.95 Å². The van der Waals surface area contributed by atoms with Gasteiger partial charge >= 0.3 is 5.97 Å². The van der Waals surface area contributed by atoms with E-state index in [1.165, 1.54) is 17.7 Å². The van der Waals surface area contributed by atoms with Gasteiger partial charge in [0.1, 0.15) is 17.4 Å². The maximum atomic E-state index is 13.3. The summed E-state index contributed by atoms with van der Waals surface area (Å²) in [7, 11) is 0. The lowest BCUT2D eigenvalue weighted by molar-refractivity contribution is -0.137. The molecule has 0 amide bonds. The molecular weight excluding hydrogens is 419 g/mol. The molecule has 0 bridgehead atoms.